The van der Waals surface area contributed by atoms with Gasteiger partial charge in [0.2, 0.25) is 0 Å². The zero-order chi connectivity index (χ0) is 25.7. The summed E-state index contributed by atoms with van der Waals surface area (Å²) in [5, 5.41) is 5.46. The first kappa shape index (κ1) is 23.1. The topological polar surface area (TPSA) is 35.9 Å². The number of hydrogen-bond acceptors (Lipinski definition) is 2. The van der Waals surface area contributed by atoms with Crippen LogP contribution >= 0.6 is 0 Å². The summed E-state index contributed by atoms with van der Waals surface area (Å²) >= 11 is 0. The van der Waals surface area contributed by atoms with E-state index in [0.29, 0.717) is 39.7 Å². The van der Waals surface area contributed by atoms with Crippen molar-refractivity contribution in [1.29, 1.82) is 0 Å². The third kappa shape index (κ3) is 4.08. The molecule has 0 saturated heterocycles. The molecule has 4 nitrogen and oxygen atoms in total. The van der Waals surface area contributed by atoms with Crippen LogP contribution in [0.1, 0.15) is 23.5 Å². The van der Waals surface area contributed by atoms with Crippen molar-refractivity contribution >= 4 is 27.5 Å². The summed E-state index contributed by atoms with van der Waals surface area (Å²) in [6.07, 6.45) is 6.73. The molecule has 1 aliphatic rings. The van der Waals surface area contributed by atoms with Crippen LogP contribution in [0.3, 0.4) is 0 Å². The average Bonchev–Trinajstić information content (AvgIpc) is 3.57. The Bertz CT molecular complexity index is 1720. The molecule has 5 aromatic rings. The Hall–Kier alpha value is -4.33. The first-order valence-electron chi connectivity index (χ1n) is 11.7. The third-order valence-electron chi connectivity index (χ3n) is 6.69. The van der Waals surface area contributed by atoms with Gasteiger partial charge in [0.15, 0.2) is 0 Å². The second-order valence-corrected chi connectivity index (χ2v) is 9.04. The number of nitrogens with zero attached hydrogens (tertiary/aromatic N) is 3. The Morgan fingerprint density at radius 1 is 1.00 bits per heavy atom. The molecule has 0 spiro atoms. The minimum absolute atomic E-state index is 0.125. The van der Waals surface area contributed by atoms with Gasteiger partial charge in [0.1, 0.15) is 17.5 Å². The lowest BCUT2D eigenvalue weighted by atomic mass is 9.89. The zero-order valence-electron chi connectivity index (χ0n) is 19.7. The Labute approximate surface area is 209 Å². The monoisotopic (exact) mass is 503 g/mol. The third-order valence-corrected chi connectivity index (χ3v) is 6.69. The molecular formula is C29H21F4N3O. The fourth-order valence-corrected chi connectivity index (χ4v) is 4.97. The smallest absolute Gasteiger partial charge is 0.399 e. The van der Waals surface area contributed by atoms with Crippen molar-refractivity contribution in [2.75, 3.05) is 0 Å². The number of aryl methyl sites for hydroxylation is 1. The van der Waals surface area contributed by atoms with Crippen molar-refractivity contribution in [1.82, 2.24) is 14.3 Å². The SMILES string of the molecule is Cn1cc(C(c2ccc3c(cnn3C3=CCC=C(F)C=C3)c2)C(F)(F)F)c2ccc(-c3ccco3)cc21. The number of aromatic nitrogens is 3. The highest BCUT2D eigenvalue weighted by Gasteiger charge is 2.43. The van der Waals surface area contributed by atoms with E-state index in [9.17, 15) is 17.6 Å². The van der Waals surface area contributed by atoms with Gasteiger partial charge < -0.3 is 8.98 Å². The largest absolute Gasteiger partial charge is 0.464 e. The maximum Gasteiger partial charge on any atom is 0.399 e. The molecule has 2 aromatic carbocycles. The van der Waals surface area contributed by atoms with Crippen molar-refractivity contribution in [2.24, 2.45) is 7.05 Å². The Kier molecular flexibility index (Phi) is 5.40. The fraction of sp³-hybridized carbons (Fsp3) is 0.138. The van der Waals surface area contributed by atoms with E-state index in [2.05, 4.69) is 5.10 Å². The molecule has 3 aromatic heterocycles. The van der Waals surface area contributed by atoms with Gasteiger partial charge in [0.05, 0.1) is 23.7 Å². The molecule has 0 fully saturated rings. The highest BCUT2D eigenvalue weighted by atomic mass is 19.4. The van der Waals surface area contributed by atoms with Crippen LogP contribution in [0.5, 0.6) is 0 Å². The maximum atomic E-state index is 14.6. The minimum Gasteiger partial charge on any atom is -0.464 e. The summed E-state index contributed by atoms with van der Waals surface area (Å²) in [4.78, 5) is 0. The summed E-state index contributed by atoms with van der Waals surface area (Å²) in [6, 6.07) is 13.6. The predicted molar refractivity (Wildman–Crippen MR) is 135 cm³/mol. The first-order chi connectivity index (χ1) is 17.8. The second-order valence-electron chi connectivity index (χ2n) is 9.04. The van der Waals surface area contributed by atoms with Gasteiger partial charge in [-0.3, -0.25) is 0 Å². The fourth-order valence-electron chi connectivity index (χ4n) is 4.97. The number of rotatable bonds is 4. The van der Waals surface area contributed by atoms with Crippen LogP contribution in [0.2, 0.25) is 0 Å². The van der Waals surface area contributed by atoms with Crippen LogP contribution in [0.25, 0.3) is 38.8 Å². The number of furan rings is 1. The maximum absolute atomic E-state index is 14.6. The van der Waals surface area contributed by atoms with Crippen LogP contribution in [0.4, 0.5) is 17.6 Å². The molecule has 0 bridgehead atoms. The van der Waals surface area contributed by atoms with Crippen LogP contribution in [0.15, 0.2) is 102 Å². The van der Waals surface area contributed by atoms with E-state index >= 15 is 0 Å². The van der Waals surface area contributed by atoms with Crippen LogP contribution in [-0.4, -0.2) is 20.5 Å². The number of fused-ring (bicyclic) bond motifs is 2. The summed E-state index contributed by atoms with van der Waals surface area (Å²) in [5.41, 5.74) is 3.07. The van der Waals surface area contributed by atoms with Gasteiger partial charge in [-0.25, -0.2) is 9.07 Å². The number of hydrogen-bond donors (Lipinski definition) is 0. The first-order valence-corrected chi connectivity index (χ1v) is 11.7. The number of halogens is 4. The number of benzene rings is 2. The molecule has 0 N–H and O–H groups in total. The normalized spacial score (nSPS) is 15.2. The van der Waals surface area contributed by atoms with E-state index in [1.165, 1.54) is 30.5 Å². The summed E-state index contributed by atoms with van der Waals surface area (Å²) in [6.45, 7) is 0. The van der Waals surface area contributed by atoms with E-state index in [1.807, 2.05) is 18.2 Å². The molecule has 186 valence electrons. The van der Waals surface area contributed by atoms with Gasteiger partial charge in [0.25, 0.3) is 0 Å². The van der Waals surface area contributed by atoms with E-state index < -0.39 is 12.1 Å². The molecule has 1 unspecified atom stereocenters. The second kappa shape index (κ2) is 8.65. The molecule has 37 heavy (non-hydrogen) atoms. The van der Waals surface area contributed by atoms with E-state index in [0.717, 1.165) is 5.56 Å². The van der Waals surface area contributed by atoms with Crippen molar-refractivity contribution < 1.29 is 22.0 Å². The van der Waals surface area contributed by atoms with Crippen molar-refractivity contribution in [3.8, 4) is 11.3 Å². The zero-order valence-corrected chi connectivity index (χ0v) is 19.7. The van der Waals surface area contributed by atoms with Crippen molar-refractivity contribution in [2.45, 2.75) is 18.5 Å². The van der Waals surface area contributed by atoms with Gasteiger partial charge in [0, 0.05) is 35.1 Å². The molecule has 0 aliphatic heterocycles. The van der Waals surface area contributed by atoms with E-state index in [-0.39, 0.29) is 17.0 Å². The van der Waals surface area contributed by atoms with E-state index in [1.54, 1.807) is 59.1 Å². The quantitative estimate of drug-likeness (QED) is 0.232. The Morgan fingerprint density at radius 2 is 1.86 bits per heavy atom. The van der Waals surface area contributed by atoms with E-state index in [4.69, 9.17) is 4.42 Å². The minimum atomic E-state index is -4.52. The molecule has 8 heteroatoms. The standard InChI is InChI=1S/C29H21F4N3O/c1-35-17-24(23-11-7-18(15-26(23)35)27-6-3-13-37-27)28(29(31,32)33)19-8-12-25-20(14-19)16-34-36(25)22-5-2-4-21(30)9-10-22/h3-17,28H,2H2,1H3. The summed E-state index contributed by atoms with van der Waals surface area (Å²) in [7, 11) is 1.74. The lowest BCUT2D eigenvalue weighted by molar-refractivity contribution is -0.140. The van der Waals surface area contributed by atoms with Crippen LogP contribution < -0.4 is 0 Å². The van der Waals surface area contributed by atoms with Gasteiger partial charge >= 0.3 is 6.18 Å². The molecular weight excluding hydrogens is 482 g/mol. The molecule has 3 heterocycles. The predicted octanol–water partition coefficient (Wildman–Crippen LogP) is 8.14. The van der Waals surface area contributed by atoms with Crippen molar-refractivity contribution in [3.05, 3.63) is 108 Å². The highest BCUT2D eigenvalue weighted by molar-refractivity contribution is 5.89. The number of allylic oxidation sites excluding steroid dienone is 6. The molecule has 0 amide bonds. The Morgan fingerprint density at radius 3 is 2.65 bits per heavy atom. The Balaban J connectivity index is 1.44. The van der Waals surface area contributed by atoms with Crippen LogP contribution in [0, 0.1) is 0 Å². The molecule has 0 saturated carbocycles. The van der Waals surface area contributed by atoms with Gasteiger partial charge in [-0.1, -0.05) is 24.3 Å². The molecule has 1 atom stereocenters. The van der Waals surface area contributed by atoms with Crippen molar-refractivity contribution in [3.63, 3.8) is 0 Å². The molecule has 6 rings (SSSR count). The lowest BCUT2D eigenvalue weighted by Crippen LogP contribution is -2.21. The lowest BCUT2D eigenvalue weighted by Gasteiger charge is -2.21. The van der Waals surface area contributed by atoms with Gasteiger partial charge in [-0.2, -0.15) is 18.3 Å². The number of alkyl halides is 3. The van der Waals surface area contributed by atoms with Gasteiger partial charge in [-0.05, 0) is 66.1 Å². The summed E-state index contributed by atoms with van der Waals surface area (Å²) in [5.74, 6) is -1.52. The molecule has 0 radical (unpaired) electrons. The molecule has 1 aliphatic carbocycles. The highest BCUT2D eigenvalue weighted by Crippen LogP contribution is 2.44. The van der Waals surface area contributed by atoms with Gasteiger partial charge in [-0.15, -0.1) is 0 Å². The summed E-state index contributed by atoms with van der Waals surface area (Å²) < 4.78 is 66.2. The average molecular weight is 503 g/mol. The van der Waals surface area contributed by atoms with Crippen LogP contribution in [-0.2, 0) is 7.05 Å².